The first-order chi connectivity index (χ1) is 13.1. The molecule has 0 unspecified atom stereocenters. The highest BCUT2D eigenvalue weighted by molar-refractivity contribution is 14.0. The normalized spacial score (nSPS) is 15.6. The van der Waals surface area contributed by atoms with Gasteiger partial charge >= 0.3 is 0 Å². The molecule has 1 aliphatic rings. The average molecular weight is 502 g/mol. The fourth-order valence-corrected chi connectivity index (χ4v) is 3.25. The summed E-state index contributed by atoms with van der Waals surface area (Å²) in [4.78, 5) is 9.63. The fourth-order valence-electron chi connectivity index (χ4n) is 3.25. The van der Waals surface area contributed by atoms with Crippen molar-refractivity contribution >= 4 is 29.9 Å². The van der Waals surface area contributed by atoms with Gasteiger partial charge in [-0.05, 0) is 64.9 Å². The van der Waals surface area contributed by atoms with Crippen LogP contribution in [0.3, 0.4) is 0 Å². The highest BCUT2D eigenvalue weighted by Gasteiger charge is 2.10. The lowest BCUT2D eigenvalue weighted by atomic mass is 10.1. The van der Waals surface area contributed by atoms with Gasteiger partial charge in [0.25, 0.3) is 0 Å². The first-order valence-corrected chi connectivity index (χ1v) is 10.6. The molecule has 0 amide bonds. The molecular formula is C22H40IN5. The highest BCUT2D eigenvalue weighted by atomic mass is 127. The second-order valence-electron chi connectivity index (χ2n) is 7.85. The summed E-state index contributed by atoms with van der Waals surface area (Å²) in [5.41, 5.74) is 2.67. The number of nitrogens with zero attached hydrogens (tertiary/aromatic N) is 3. The predicted molar refractivity (Wildman–Crippen MR) is 132 cm³/mol. The third kappa shape index (κ3) is 9.56. The van der Waals surface area contributed by atoms with Crippen molar-refractivity contribution in [1.29, 1.82) is 0 Å². The van der Waals surface area contributed by atoms with Crippen molar-refractivity contribution in [3.05, 3.63) is 35.4 Å². The Morgan fingerprint density at radius 2 is 1.71 bits per heavy atom. The number of likely N-dealkylation sites (N-methyl/N-ethyl adjacent to an activating group) is 1. The number of aliphatic imine (C=N–C) groups is 1. The Kier molecular flexibility index (Phi) is 12.7. The fraction of sp³-hybridized carbons (Fsp3) is 0.682. The lowest BCUT2D eigenvalue weighted by Crippen LogP contribution is -2.42. The zero-order valence-corrected chi connectivity index (χ0v) is 20.5. The zero-order chi connectivity index (χ0) is 19.5. The molecule has 28 heavy (non-hydrogen) atoms. The van der Waals surface area contributed by atoms with E-state index in [1.165, 1.54) is 43.5 Å². The summed E-state index contributed by atoms with van der Waals surface area (Å²) in [6.45, 7) is 13.6. The number of halogens is 1. The van der Waals surface area contributed by atoms with Gasteiger partial charge in [0, 0.05) is 32.2 Å². The van der Waals surface area contributed by atoms with Crippen LogP contribution in [-0.2, 0) is 13.1 Å². The Balaban J connectivity index is 0.00000392. The minimum Gasteiger partial charge on any atom is -0.357 e. The van der Waals surface area contributed by atoms with Crippen LogP contribution in [0.5, 0.6) is 0 Å². The first kappa shape index (κ1) is 25.2. The number of hydrogen-bond donors (Lipinski definition) is 2. The standard InChI is InChI=1S/C22H39N5.HI/c1-5-23-22(24-13-16-26(4)19(2)3)25-17-20-9-11-21(12-10-20)18-27-14-7-6-8-15-27;/h9-12,19H,5-8,13-18H2,1-4H3,(H2,23,24,25);1H. The van der Waals surface area contributed by atoms with E-state index in [1.807, 2.05) is 0 Å². The van der Waals surface area contributed by atoms with Crippen molar-refractivity contribution in [3.63, 3.8) is 0 Å². The highest BCUT2D eigenvalue weighted by Crippen LogP contribution is 2.14. The maximum atomic E-state index is 4.74. The SMILES string of the molecule is CCNC(=NCc1ccc(CN2CCCCC2)cc1)NCCN(C)C(C)C.I. The van der Waals surface area contributed by atoms with Crippen LogP contribution in [0.25, 0.3) is 0 Å². The van der Waals surface area contributed by atoms with Gasteiger partial charge in [-0.1, -0.05) is 30.7 Å². The van der Waals surface area contributed by atoms with E-state index in [0.717, 1.165) is 32.1 Å². The summed E-state index contributed by atoms with van der Waals surface area (Å²) in [5.74, 6) is 0.895. The van der Waals surface area contributed by atoms with Gasteiger partial charge in [-0.2, -0.15) is 0 Å². The number of guanidine groups is 1. The molecule has 1 fully saturated rings. The molecule has 2 rings (SSSR count). The average Bonchev–Trinajstić information content (AvgIpc) is 2.68. The van der Waals surface area contributed by atoms with Gasteiger partial charge in [0.05, 0.1) is 6.54 Å². The van der Waals surface area contributed by atoms with E-state index in [1.54, 1.807) is 0 Å². The lowest BCUT2D eigenvalue weighted by molar-refractivity contribution is 0.221. The third-order valence-electron chi connectivity index (χ3n) is 5.28. The molecule has 0 saturated carbocycles. The predicted octanol–water partition coefficient (Wildman–Crippen LogP) is 3.69. The molecule has 0 spiro atoms. The van der Waals surface area contributed by atoms with Crippen LogP contribution in [0.15, 0.2) is 29.3 Å². The number of benzene rings is 1. The first-order valence-electron chi connectivity index (χ1n) is 10.6. The molecule has 5 nitrogen and oxygen atoms in total. The molecule has 0 aromatic heterocycles. The number of rotatable bonds is 9. The molecule has 6 heteroatoms. The Labute approximate surface area is 189 Å². The van der Waals surface area contributed by atoms with E-state index in [0.29, 0.717) is 12.6 Å². The Hall–Kier alpha value is -0.860. The quantitative estimate of drug-likeness (QED) is 0.308. The Bertz CT molecular complexity index is 553. The largest absolute Gasteiger partial charge is 0.357 e. The second-order valence-corrected chi connectivity index (χ2v) is 7.85. The number of likely N-dealkylation sites (tertiary alicyclic amines) is 1. The Morgan fingerprint density at radius 3 is 2.32 bits per heavy atom. The summed E-state index contributed by atoms with van der Waals surface area (Å²) >= 11 is 0. The summed E-state index contributed by atoms with van der Waals surface area (Å²) in [6, 6.07) is 9.53. The van der Waals surface area contributed by atoms with Crippen LogP contribution >= 0.6 is 24.0 Å². The molecule has 1 heterocycles. The topological polar surface area (TPSA) is 42.9 Å². The van der Waals surface area contributed by atoms with Gasteiger partial charge in [-0.15, -0.1) is 24.0 Å². The van der Waals surface area contributed by atoms with Gasteiger partial charge < -0.3 is 15.5 Å². The summed E-state index contributed by atoms with van der Waals surface area (Å²) < 4.78 is 0. The molecule has 1 aromatic carbocycles. The molecule has 0 aliphatic carbocycles. The van der Waals surface area contributed by atoms with E-state index in [9.17, 15) is 0 Å². The van der Waals surface area contributed by atoms with Gasteiger partial charge in [-0.3, -0.25) is 4.90 Å². The maximum Gasteiger partial charge on any atom is 0.191 e. The summed E-state index contributed by atoms with van der Waals surface area (Å²) in [6.07, 6.45) is 4.09. The molecule has 160 valence electrons. The van der Waals surface area contributed by atoms with Gasteiger partial charge in [0.15, 0.2) is 5.96 Å². The van der Waals surface area contributed by atoms with Crippen LogP contribution in [-0.4, -0.2) is 61.6 Å². The van der Waals surface area contributed by atoms with E-state index < -0.39 is 0 Å². The molecular weight excluding hydrogens is 461 g/mol. The van der Waals surface area contributed by atoms with Crippen molar-refractivity contribution in [2.24, 2.45) is 4.99 Å². The van der Waals surface area contributed by atoms with Crippen LogP contribution in [0, 0.1) is 0 Å². The third-order valence-corrected chi connectivity index (χ3v) is 5.28. The number of piperidine rings is 1. The van der Waals surface area contributed by atoms with Crippen molar-refractivity contribution in [2.45, 2.75) is 59.2 Å². The molecule has 1 aromatic rings. The van der Waals surface area contributed by atoms with E-state index in [-0.39, 0.29) is 24.0 Å². The maximum absolute atomic E-state index is 4.74. The van der Waals surface area contributed by atoms with Crippen molar-refractivity contribution in [2.75, 3.05) is 39.8 Å². The van der Waals surface area contributed by atoms with Gasteiger partial charge in [-0.25, -0.2) is 4.99 Å². The Morgan fingerprint density at radius 1 is 1.07 bits per heavy atom. The summed E-state index contributed by atoms with van der Waals surface area (Å²) in [7, 11) is 2.15. The molecule has 1 saturated heterocycles. The number of hydrogen-bond acceptors (Lipinski definition) is 3. The monoisotopic (exact) mass is 501 g/mol. The van der Waals surface area contributed by atoms with E-state index in [4.69, 9.17) is 4.99 Å². The van der Waals surface area contributed by atoms with E-state index in [2.05, 4.69) is 72.5 Å². The molecule has 0 bridgehead atoms. The smallest absolute Gasteiger partial charge is 0.191 e. The van der Waals surface area contributed by atoms with E-state index >= 15 is 0 Å². The van der Waals surface area contributed by atoms with Crippen molar-refractivity contribution < 1.29 is 0 Å². The van der Waals surface area contributed by atoms with Gasteiger partial charge in [0.2, 0.25) is 0 Å². The second kappa shape index (κ2) is 14.2. The lowest BCUT2D eigenvalue weighted by Gasteiger charge is -2.26. The molecule has 2 N–H and O–H groups in total. The van der Waals surface area contributed by atoms with Gasteiger partial charge in [0.1, 0.15) is 0 Å². The van der Waals surface area contributed by atoms with Crippen LogP contribution < -0.4 is 10.6 Å². The summed E-state index contributed by atoms with van der Waals surface area (Å²) in [5, 5.41) is 6.77. The minimum atomic E-state index is 0. The van der Waals surface area contributed by atoms with Crippen LogP contribution in [0.4, 0.5) is 0 Å². The molecule has 1 aliphatic heterocycles. The van der Waals surface area contributed by atoms with Crippen LogP contribution in [0.1, 0.15) is 51.2 Å². The molecule has 0 radical (unpaired) electrons. The van der Waals surface area contributed by atoms with Crippen LogP contribution in [0.2, 0.25) is 0 Å². The zero-order valence-electron chi connectivity index (χ0n) is 18.2. The minimum absolute atomic E-state index is 0. The van der Waals surface area contributed by atoms with Crippen molar-refractivity contribution in [1.82, 2.24) is 20.4 Å². The number of nitrogens with one attached hydrogen (secondary N) is 2. The van der Waals surface area contributed by atoms with Crippen molar-refractivity contribution in [3.8, 4) is 0 Å². The molecule has 0 atom stereocenters.